The summed E-state index contributed by atoms with van der Waals surface area (Å²) in [4.78, 5) is 31.5. The molecule has 1 aromatic heterocycles. The van der Waals surface area contributed by atoms with Gasteiger partial charge in [-0.15, -0.1) is 0 Å². The van der Waals surface area contributed by atoms with Gasteiger partial charge >= 0.3 is 0 Å². The number of fused-ring (bicyclic) bond motifs is 1. The summed E-state index contributed by atoms with van der Waals surface area (Å²) >= 11 is 3.39. The van der Waals surface area contributed by atoms with Crippen LogP contribution in [0.15, 0.2) is 67.9 Å². The van der Waals surface area contributed by atoms with Gasteiger partial charge in [-0.1, -0.05) is 45.4 Å². The molecule has 0 radical (unpaired) electrons. The third-order valence-electron chi connectivity index (χ3n) is 5.33. The normalized spacial score (nSPS) is 20.1. The molecule has 0 unspecified atom stereocenters. The first kappa shape index (κ1) is 19.6. The van der Waals surface area contributed by atoms with Crippen LogP contribution in [0.2, 0.25) is 0 Å². The van der Waals surface area contributed by atoms with Gasteiger partial charge < -0.3 is 4.52 Å². The minimum atomic E-state index is -0.868. The molecule has 3 heterocycles. The van der Waals surface area contributed by atoms with E-state index >= 15 is 0 Å². The quantitative estimate of drug-likeness (QED) is 0.517. The molecule has 2 aliphatic heterocycles. The van der Waals surface area contributed by atoms with Crippen molar-refractivity contribution < 1.29 is 14.1 Å². The van der Waals surface area contributed by atoms with Crippen LogP contribution < -0.4 is 4.90 Å². The highest BCUT2D eigenvalue weighted by Gasteiger charge is 2.55. The number of halogens is 1. The number of imide groups is 1. The van der Waals surface area contributed by atoms with Crippen LogP contribution >= 0.6 is 15.9 Å². The SMILES string of the molecule is CCc1ccc(N2C(=O)[C@H]3N=NN(Cc4nc(-c5ccc(Br)cc5)no4)[C@@H]3C2=O)cc1. The highest BCUT2D eigenvalue weighted by Crippen LogP contribution is 2.33. The van der Waals surface area contributed by atoms with Crippen LogP contribution in [0.5, 0.6) is 0 Å². The van der Waals surface area contributed by atoms with Gasteiger partial charge in [-0.05, 0) is 48.4 Å². The number of aromatic nitrogens is 2. The van der Waals surface area contributed by atoms with Gasteiger partial charge in [0.25, 0.3) is 11.8 Å². The molecule has 31 heavy (non-hydrogen) atoms. The van der Waals surface area contributed by atoms with Crippen molar-refractivity contribution in [1.82, 2.24) is 15.1 Å². The Bertz CT molecular complexity index is 1170. The maximum atomic E-state index is 13.1. The van der Waals surface area contributed by atoms with Crippen LogP contribution in [0.4, 0.5) is 5.69 Å². The predicted molar refractivity (Wildman–Crippen MR) is 114 cm³/mol. The summed E-state index contributed by atoms with van der Waals surface area (Å²) in [5.74, 6) is -0.0337. The highest BCUT2D eigenvalue weighted by molar-refractivity contribution is 9.10. The first-order valence-corrected chi connectivity index (χ1v) is 10.6. The van der Waals surface area contributed by atoms with Gasteiger partial charge in [-0.2, -0.15) is 10.1 Å². The summed E-state index contributed by atoms with van der Waals surface area (Å²) < 4.78 is 6.28. The Morgan fingerprint density at radius 1 is 1.03 bits per heavy atom. The van der Waals surface area contributed by atoms with Gasteiger partial charge in [0.15, 0.2) is 12.1 Å². The zero-order valence-electron chi connectivity index (χ0n) is 16.5. The van der Waals surface area contributed by atoms with E-state index in [2.05, 4.69) is 36.4 Å². The summed E-state index contributed by atoms with van der Waals surface area (Å²) in [6, 6.07) is 13.2. The lowest BCUT2D eigenvalue weighted by Gasteiger charge is -2.19. The molecule has 156 valence electrons. The Kier molecular flexibility index (Phi) is 4.85. The lowest BCUT2D eigenvalue weighted by atomic mass is 10.1. The molecule has 2 aromatic carbocycles. The van der Waals surface area contributed by atoms with Crippen molar-refractivity contribution >= 4 is 33.4 Å². The molecule has 1 saturated heterocycles. The summed E-state index contributed by atoms with van der Waals surface area (Å²) in [6.45, 7) is 2.12. The van der Waals surface area contributed by atoms with Crippen molar-refractivity contribution in [1.29, 1.82) is 0 Å². The molecule has 2 amide bonds. The molecule has 0 N–H and O–H groups in total. The number of carbonyl (C=O) groups is 2. The number of hydrogen-bond donors (Lipinski definition) is 0. The van der Waals surface area contributed by atoms with Crippen LogP contribution in [0.1, 0.15) is 18.4 Å². The van der Waals surface area contributed by atoms with Gasteiger partial charge in [0, 0.05) is 10.0 Å². The third-order valence-corrected chi connectivity index (χ3v) is 5.86. The van der Waals surface area contributed by atoms with E-state index in [1.807, 2.05) is 43.3 Å². The minimum absolute atomic E-state index is 0.0792. The monoisotopic (exact) mass is 480 g/mol. The van der Waals surface area contributed by atoms with E-state index in [0.29, 0.717) is 11.5 Å². The molecule has 9 nitrogen and oxygen atoms in total. The van der Waals surface area contributed by atoms with Gasteiger partial charge in [0.05, 0.1) is 5.69 Å². The van der Waals surface area contributed by atoms with E-state index in [4.69, 9.17) is 4.52 Å². The van der Waals surface area contributed by atoms with E-state index < -0.39 is 12.1 Å². The predicted octanol–water partition coefficient (Wildman–Crippen LogP) is 3.55. The second-order valence-corrected chi connectivity index (χ2v) is 8.16. The number of carbonyl (C=O) groups excluding carboxylic acids is 2. The average Bonchev–Trinajstić information content (AvgIpc) is 3.47. The standard InChI is InChI=1S/C21H17BrN6O3/c1-2-12-3-9-15(10-4-12)28-20(29)17-18(21(28)30)27(26-24-17)11-16-23-19(25-31-16)13-5-7-14(22)8-6-13/h3-10,17-18H,2,11H2,1H3/t17-,18-/m0/s1. The van der Waals surface area contributed by atoms with E-state index in [9.17, 15) is 9.59 Å². The van der Waals surface area contributed by atoms with Crippen LogP contribution in [0.25, 0.3) is 11.4 Å². The second-order valence-electron chi connectivity index (χ2n) is 7.24. The summed E-state index contributed by atoms with van der Waals surface area (Å²) in [6.07, 6.45) is 0.877. The number of rotatable bonds is 5. The van der Waals surface area contributed by atoms with Gasteiger partial charge in [0.2, 0.25) is 11.7 Å². The zero-order chi connectivity index (χ0) is 21.5. The first-order chi connectivity index (χ1) is 15.0. The van der Waals surface area contributed by atoms with Crippen LogP contribution in [-0.2, 0) is 22.6 Å². The molecular weight excluding hydrogens is 464 g/mol. The molecule has 0 spiro atoms. The van der Waals surface area contributed by atoms with Crippen molar-refractivity contribution in [2.45, 2.75) is 32.0 Å². The Labute approximate surface area is 185 Å². The Morgan fingerprint density at radius 2 is 1.77 bits per heavy atom. The second kappa shape index (κ2) is 7.69. The summed E-state index contributed by atoms with van der Waals surface area (Å²) in [5, 5.41) is 13.5. The van der Waals surface area contributed by atoms with E-state index in [1.54, 1.807) is 12.1 Å². The van der Waals surface area contributed by atoms with Crippen LogP contribution in [0.3, 0.4) is 0 Å². The zero-order valence-corrected chi connectivity index (χ0v) is 18.1. The molecule has 2 atom stereocenters. The fourth-order valence-corrected chi connectivity index (χ4v) is 3.93. The molecule has 0 bridgehead atoms. The number of aryl methyl sites for hydroxylation is 1. The van der Waals surface area contributed by atoms with Crippen molar-refractivity contribution in [3.05, 3.63) is 64.5 Å². The van der Waals surface area contributed by atoms with Crippen LogP contribution in [-0.4, -0.2) is 39.0 Å². The fraction of sp³-hybridized carbons (Fsp3) is 0.238. The molecule has 5 rings (SSSR count). The molecule has 0 saturated carbocycles. The van der Waals surface area contributed by atoms with Gasteiger partial charge in [0.1, 0.15) is 6.54 Å². The Balaban J connectivity index is 1.34. The summed E-state index contributed by atoms with van der Waals surface area (Å²) in [5.41, 5.74) is 2.46. The van der Waals surface area contributed by atoms with E-state index in [-0.39, 0.29) is 24.2 Å². The van der Waals surface area contributed by atoms with Gasteiger partial charge in [-0.3, -0.25) is 14.6 Å². The minimum Gasteiger partial charge on any atom is -0.337 e. The number of amides is 2. The Hall–Kier alpha value is -3.40. The van der Waals surface area contributed by atoms with Crippen molar-refractivity contribution in [2.75, 3.05) is 4.90 Å². The van der Waals surface area contributed by atoms with Crippen molar-refractivity contribution in [3.8, 4) is 11.4 Å². The van der Waals surface area contributed by atoms with Crippen molar-refractivity contribution in [2.24, 2.45) is 10.3 Å². The first-order valence-electron chi connectivity index (χ1n) is 9.78. The number of hydrogen-bond acceptors (Lipinski definition) is 8. The maximum Gasteiger partial charge on any atom is 0.263 e. The summed E-state index contributed by atoms with van der Waals surface area (Å²) in [7, 11) is 0. The molecule has 2 aliphatic rings. The molecule has 0 aliphatic carbocycles. The Morgan fingerprint density at radius 3 is 2.48 bits per heavy atom. The molecule has 10 heteroatoms. The van der Waals surface area contributed by atoms with Gasteiger partial charge in [-0.25, -0.2) is 4.90 Å². The van der Waals surface area contributed by atoms with Crippen LogP contribution in [0, 0.1) is 0 Å². The number of benzene rings is 2. The molecule has 1 fully saturated rings. The topological polar surface area (TPSA) is 104 Å². The smallest absolute Gasteiger partial charge is 0.263 e. The lowest BCUT2D eigenvalue weighted by Crippen LogP contribution is -2.39. The maximum absolute atomic E-state index is 13.1. The average molecular weight is 481 g/mol. The third kappa shape index (κ3) is 3.42. The van der Waals surface area contributed by atoms with E-state index in [1.165, 1.54) is 9.91 Å². The van der Waals surface area contributed by atoms with E-state index in [0.717, 1.165) is 22.0 Å². The fourth-order valence-electron chi connectivity index (χ4n) is 3.66. The molecular formula is C21H17BrN6O3. The largest absolute Gasteiger partial charge is 0.337 e. The lowest BCUT2D eigenvalue weighted by molar-refractivity contribution is -0.123. The van der Waals surface area contributed by atoms with Crippen molar-refractivity contribution in [3.63, 3.8) is 0 Å². The number of nitrogens with zero attached hydrogens (tertiary/aromatic N) is 6. The molecule has 3 aromatic rings. The highest BCUT2D eigenvalue weighted by atomic mass is 79.9. The number of anilines is 1.